The Balaban J connectivity index is 1.36. The van der Waals surface area contributed by atoms with E-state index in [9.17, 15) is 18.4 Å². The van der Waals surface area contributed by atoms with Crippen LogP contribution in [0.3, 0.4) is 0 Å². The molecule has 0 spiro atoms. The number of amides is 1. The third-order valence-corrected chi connectivity index (χ3v) is 5.56. The first-order valence-corrected chi connectivity index (χ1v) is 10.8. The lowest BCUT2D eigenvalue weighted by molar-refractivity contribution is 0.0929. The highest BCUT2D eigenvalue weighted by Crippen LogP contribution is 2.27. The molecule has 0 bridgehead atoms. The SMILES string of the molecule is NC[C@@H](NC(=O)c1cccn(Cc2ccc(F)c(F)c2)c1=O)c1nnc(-c2c[nH]c3ncccc23)o1. The highest BCUT2D eigenvalue weighted by Gasteiger charge is 2.23. The molecule has 0 aliphatic carbocycles. The molecule has 182 valence electrons. The Labute approximate surface area is 201 Å². The fourth-order valence-electron chi connectivity index (χ4n) is 3.74. The smallest absolute Gasteiger partial charge is 0.263 e. The van der Waals surface area contributed by atoms with Gasteiger partial charge in [0.05, 0.1) is 12.1 Å². The molecule has 0 aliphatic rings. The molecule has 0 saturated heterocycles. The molecule has 5 rings (SSSR count). The van der Waals surface area contributed by atoms with E-state index in [0.717, 1.165) is 17.5 Å². The number of aromatic amines is 1. The van der Waals surface area contributed by atoms with Crippen LogP contribution in [0.2, 0.25) is 0 Å². The van der Waals surface area contributed by atoms with Crippen molar-refractivity contribution in [3.8, 4) is 11.5 Å². The molecule has 4 aromatic heterocycles. The van der Waals surface area contributed by atoms with Crippen molar-refractivity contribution in [1.82, 2.24) is 30.0 Å². The van der Waals surface area contributed by atoms with E-state index in [4.69, 9.17) is 10.2 Å². The van der Waals surface area contributed by atoms with Gasteiger partial charge in [0.15, 0.2) is 11.6 Å². The molecule has 0 saturated carbocycles. The summed E-state index contributed by atoms with van der Waals surface area (Å²) in [7, 11) is 0. The van der Waals surface area contributed by atoms with Gasteiger partial charge >= 0.3 is 0 Å². The number of halogens is 2. The van der Waals surface area contributed by atoms with Crippen LogP contribution < -0.4 is 16.6 Å². The number of carbonyl (C=O) groups is 1. The normalized spacial score (nSPS) is 12.1. The number of aromatic nitrogens is 5. The molecular weight excluding hydrogens is 472 g/mol. The average Bonchev–Trinajstić information content (AvgIpc) is 3.53. The number of nitrogens with one attached hydrogen (secondary N) is 2. The van der Waals surface area contributed by atoms with Gasteiger partial charge in [0, 0.05) is 30.5 Å². The van der Waals surface area contributed by atoms with Crippen molar-refractivity contribution in [2.45, 2.75) is 12.6 Å². The number of benzene rings is 1. The van der Waals surface area contributed by atoms with Gasteiger partial charge in [-0.1, -0.05) is 6.07 Å². The third kappa shape index (κ3) is 4.36. The lowest BCUT2D eigenvalue weighted by atomic mass is 10.2. The van der Waals surface area contributed by atoms with Crippen LogP contribution in [0.4, 0.5) is 8.78 Å². The summed E-state index contributed by atoms with van der Waals surface area (Å²) in [6.45, 7) is -0.122. The first-order valence-electron chi connectivity index (χ1n) is 10.8. The molecule has 36 heavy (non-hydrogen) atoms. The number of hydrogen-bond donors (Lipinski definition) is 3. The molecule has 12 heteroatoms. The molecule has 1 aromatic carbocycles. The van der Waals surface area contributed by atoms with Crippen molar-refractivity contribution in [1.29, 1.82) is 0 Å². The minimum Gasteiger partial charge on any atom is -0.418 e. The van der Waals surface area contributed by atoms with Gasteiger partial charge in [-0.2, -0.15) is 0 Å². The van der Waals surface area contributed by atoms with Crippen LogP contribution in [0, 0.1) is 11.6 Å². The summed E-state index contributed by atoms with van der Waals surface area (Å²) in [5, 5.41) is 11.5. The van der Waals surface area contributed by atoms with E-state index in [2.05, 4.69) is 25.5 Å². The van der Waals surface area contributed by atoms with Crippen molar-refractivity contribution in [2.24, 2.45) is 5.73 Å². The summed E-state index contributed by atoms with van der Waals surface area (Å²) in [6.07, 6.45) is 4.78. The van der Waals surface area contributed by atoms with E-state index in [1.807, 2.05) is 6.07 Å². The summed E-state index contributed by atoms with van der Waals surface area (Å²) in [5.74, 6) is -2.44. The number of fused-ring (bicyclic) bond motifs is 1. The van der Waals surface area contributed by atoms with E-state index >= 15 is 0 Å². The largest absolute Gasteiger partial charge is 0.418 e. The fourth-order valence-corrected chi connectivity index (χ4v) is 3.74. The number of nitrogens with two attached hydrogens (primary N) is 1. The van der Waals surface area contributed by atoms with Crippen LogP contribution in [0.25, 0.3) is 22.5 Å². The molecular formula is C24H19F2N7O3. The van der Waals surface area contributed by atoms with Crippen LogP contribution in [-0.4, -0.2) is 37.2 Å². The molecule has 4 heterocycles. The van der Waals surface area contributed by atoms with Crippen LogP contribution in [-0.2, 0) is 6.54 Å². The Hall–Kier alpha value is -4.71. The summed E-state index contributed by atoms with van der Waals surface area (Å²) in [4.78, 5) is 33.1. The number of hydrogen-bond acceptors (Lipinski definition) is 7. The Kier molecular flexibility index (Phi) is 6.09. The second kappa shape index (κ2) is 9.50. The third-order valence-electron chi connectivity index (χ3n) is 5.56. The molecule has 5 aromatic rings. The van der Waals surface area contributed by atoms with Crippen molar-refractivity contribution in [3.05, 3.63) is 100 Å². The lowest BCUT2D eigenvalue weighted by Crippen LogP contribution is -2.37. The highest BCUT2D eigenvalue weighted by atomic mass is 19.2. The molecule has 1 amide bonds. The Morgan fingerprint density at radius 3 is 2.83 bits per heavy atom. The van der Waals surface area contributed by atoms with Gasteiger partial charge in [-0.25, -0.2) is 13.8 Å². The van der Waals surface area contributed by atoms with Gasteiger partial charge in [0.1, 0.15) is 17.3 Å². The molecule has 0 unspecified atom stereocenters. The Morgan fingerprint density at radius 1 is 1.17 bits per heavy atom. The van der Waals surface area contributed by atoms with Gasteiger partial charge in [0.2, 0.25) is 11.8 Å². The minimum absolute atomic E-state index is 0.0516. The van der Waals surface area contributed by atoms with Gasteiger partial charge in [-0.3, -0.25) is 9.59 Å². The van der Waals surface area contributed by atoms with Crippen molar-refractivity contribution in [2.75, 3.05) is 6.54 Å². The maximum atomic E-state index is 13.5. The summed E-state index contributed by atoms with van der Waals surface area (Å²) in [5.41, 5.74) is 6.71. The van der Waals surface area contributed by atoms with E-state index in [-0.39, 0.29) is 30.4 Å². The van der Waals surface area contributed by atoms with E-state index in [1.165, 1.54) is 29.0 Å². The maximum Gasteiger partial charge on any atom is 0.263 e. The predicted octanol–water partition coefficient (Wildman–Crippen LogP) is 2.53. The van der Waals surface area contributed by atoms with Crippen LogP contribution in [0.5, 0.6) is 0 Å². The Bertz CT molecular complexity index is 1630. The van der Waals surface area contributed by atoms with Crippen LogP contribution >= 0.6 is 0 Å². The zero-order valence-corrected chi connectivity index (χ0v) is 18.6. The van der Waals surface area contributed by atoms with E-state index in [1.54, 1.807) is 18.5 Å². The number of H-pyrrole nitrogens is 1. The van der Waals surface area contributed by atoms with Crippen LogP contribution in [0.1, 0.15) is 27.9 Å². The lowest BCUT2D eigenvalue weighted by Gasteiger charge is -2.13. The molecule has 10 nitrogen and oxygen atoms in total. The standard InChI is InChI=1S/C24H19F2N7O3/c25-17-6-5-13(9-18(17)26)12-33-8-2-4-15(24(33)35)21(34)30-19(10-27)23-32-31-22(36-23)16-11-29-20-14(16)3-1-7-28-20/h1-9,11,19H,10,12,27H2,(H,28,29)(H,30,34)/t19-/m1/s1. The second-order valence-corrected chi connectivity index (χ2v) is 7.91. The van der Waals surface area contributed by atoms with Gasteiger partial charge < -0.3 is 25.0 Å². The number of rotatable bonds is 7. The topological polar surface area (TPSA) is 145 Å². The van der Waals surface area contributed by atoms with Gasteiger partial charge in [0.25, 0.3) is 11.5 Å². The minimum atomic E-state index is -1.02. The maximum absolute atomic E-state index is 13.5. The second-order valence-electron chi connectivity index (χ2n) is 7.91. The van der Waals surface area contributed by atoms with Gasteiger partial charge in [-0.05, 0) is 42.0 Å². The zero-order valence-electron chi connectivity index (χ0n) is 18.6. The number of pyridine rings is 2. The van der Waals surface area contributed by atoms with Crippen LogP contribution in [0.15, 0.2) is 70.3 Å². The number of carbonyl (C=O) groups excluding carboxylic acids is 1. The van der Waals surface area contributed by atoms with Crippen molar-refractivity contribution >= 4 is 16.9 Å². The zero-order chi connectivity index (χ0) is 25.2. The average molecular weight is 491 g/mol. The monoisotopic (exact) mass is 491 g/mol. The Morgan fingerprint density at radius 2 is 2.03 bits per heavy atom. The van der Waals surface area contributed by atoms with Gasteiger partial charge in [-0.15, -0.1) is 10.2 Å². The molecule has 0 aliphatic heterocycles. The molecule has 0 radical (unpaired) electrons. The first kappa shape index (κ1) is 23.1. The predicted molar refractivity (Wildman–Crippen MR) is 125 cm³/mol. The highest BCUT2D eigenvalue weighted by molar-refractivity contribution is 5.94. The van der Waals surface area contributed by atoms with E-state index < -0.39 is 29.1 Å². The fraction of sp³-hybridized carbons (Fsp3) is 0.125. The number of nitrogens with zero attached hydrogens (tertiary/aromatic N) is 4. The quantitative estimate of drug-likeness (QED) is 0.317. The van der Waals surface area contributed by atoms with E-state index in [0.29, 0.717) is 16.8 Å². The van der Waals surface area contributed by atoms with Crippen molar-refractivity contribution in [3.63, 3.8) is 0 Å². The van der Waals surface area contributed by atoms with Crippen molar-refractivity contribution < 1.29 is 18.0 Å². The first-order chi connectivity index (χ1) is 17.4. The molecule has 4 N–H and O–H groups in total. The summed E-state index contributed by atoms with van der Waals surface area (Å²) < 4.78 is 33.7. The molecule has 0 fully saturated rings. The summed E-state index contributed by atoms with van der Waals surface area (Å²) in [6, 6.07) is 8.95. The summed E-state index contributed by atoms with van der Waals surface area (Å²) >= 11 is 0. The molecule has 1 atom stereocenters.